The van der Waals surface area contributed by atoms with E-state index in [1.807, 2.05) is 6.07 Å². The molecule has 5 aromatic rings. The number of sulfonamides is 1. The molecule has 1 saturated heterocycles. The molecule has 0 bridgehead atoms. The molecule has 10 nitrogen and oxygen atoms in total. The average Bonchev–Trinajstić information content (AvgIpc) is 3.24. The summed E-state index contributed by atoms with van der Waals surface area (Å²) < 4.78 is 113. The summed E-state index contributed by atoms with van der Waals surface area (Å²) in [5.41, 5.74) is -0.0375. The zero-order valence-electron chi connectivity index (χ0n) is 30.9. The van der Waals surface area contributed by atoms with Crippen molar-refractivity contribution in [2.45, 2.75) is 74.8 Å². The van der Waals surface area contributed by atoms with E-state index in [1.54, 1.807) is 60.8 Å². The van der Waals surface area contributed by atoms with Gasteiger partial charge in [0.1, 0.15) is 6.61 Å². The fourth-order valence-corrected chi connectivity index (χ4v) is 8.93. The standard InChI is InChI=1S/C42H37F5N4O6S/c43-34-35(44)37(46)39(38(47)36(34)45)58(54,55)51-21-20-42(51,57-26-28-12-6-2-7-13-28)41(53)50(24-31-22-49-33(23-48-31)29-14-8-3-9-15-29)32-18-16-30(17-19-32)40(52)56-25-27-10-4-1-5-11-27/h1-2,4-7,10-13,16-19,22-23,29H,3,8-9,14-15,20-21,24-26H2/t42-/m1/s1. The molecular formula is C42H37F5N4O6S. The second kappa shape index (κ2) is 17.1. The van der Waals surface area contributed by atoms with Gasteiger partial charge < -0.3 is 14.4 Å². The van der Waals surface area contributed by atoms with Crippen molar-refractivity contribution in [1.29, 1.82) is 0 Å². The maximum Gasteiger partial charge on any atom is 0.338 e. The minimum atomic E-state index is -5.66. The Morgan fingerprint density at radius 3 is 1.88 bits per heavy atom. The number of halogens is 5. The number of benzene rings is 4. The molecular weight excluding hydrogens is 784 g/mol. The first-order valence-electron chi connectivity index (χ1n) is 18.6. The maximum atomic E-state index is 15.1. The van der Waals surface area contributed by atoms with E-state index in [2.05, 4.69) is 9.97 Å². The van der Waals surface area contributed by atoms with Gasteiger partial charge in [0.2, 0.25) is 11.5 Å². The molecule has 0 spiro atoms. The van der Waals surface area contributed by atoms with Gasteiger partial charge in [0.05, 0.1) is 36.3 Å². The van der Waals surface area contributed by atoms with Gasteiger partial charge in [-0.05, 0) is 48.2 Å². The lowest BCUT2D eigenvalue weighted by Gasteiger charge is -2.50. The van der Waals surface area contributed by atoms with E-state index < -0.39 is 74.8 Å². The van der Waals surface area contributed by atoms with E-state index >= 15 is 13.6 Å². The van der Waals surface area contributed by atoms with Crippen molar-refractivity contribution in [2.24, 2.45) is 0 Å². The lowest BCUT2D eigenvalue weighted by atomic mass is 9.87. The number of esters is 1. The molecule has 1 amide bonds. The van der Waals surface area contributed by atoms with E-state index in [-0.39, 0.29) is 42.4 Å². The Kier molecular flexibility index (Phi) is 12.0. The third-order valence-electron chi connectivity index (χ3n) is 10.4. The normalized spacial score (nSPS) is 17.4. The van der Waals surface area contributed by atoms with E-state index in [0.717, 1.165) is 48.3 Å². The highest BCUT2D eigenvalue weighted by Gasteiger charge is 2.61. The summed E-state index contributed by atoms with van der Waals surface area (Å²) in [5.74, 6) is -14.2. The third-order valence-corrected chi connectivity index (χ3v) is 12.3. The van der Waals surface area contributed by atoms with Crippen LogP contribution in [-0.2, 0) is 44.1 Å². The van der Waals surface area contributed by atoms with Gasteiger partial charge in [0, 0.05) is 30.8 Å². The number of aromatic nitrogens is 2. The average molecular weight is 821 g/mol. The van der Waals surface area contributed by atoms with Gasteiger partial charge in [0.15, 0.2) is 28.2 Å². The van der Waals surface area contributed by atoms with Gasteiger partial charge >= 0.3 is 5.97 Å². The Morgan fingerprint density at radius 2 is 1.33 bits per heavy atom. The number of ether oxygens (including phenoxy) is 2. The Hall–Kier alpha value is -5.58. The molecule has 302 valence electrons. The number of nitrogens with zero attached hydrogens (tertiary/aromatic N) is 4. The molecule has 16 heteroatoms. The Labute approximate surface area is 331 Å². The summed E-state index contributed by atoms with van der Waals surface area (Å²) in [4.78, 5) is 36.2. The smallest absolute Gasteiger partial charge is 0.338 e. The van der Waals surface area contributed by atoms with Crippen LogP contribution in [0.5, 0.6) is 0 Å². The Balaban J connectivity index is 1.27. The maximum absolute atomic E-state index is 15.1. The molecule has 7 rings (SSSR count). The first kappa shape index (κ1) is 40.6. The predicted molar refractivity (Wildman–Crippen MR) is 200 cm³/mol. The van der Waals surface area contributed by atoms with Crippen LogP contribution in [0.15, 0.2) is 102 Å². The van der Waals surface area contributed by atoms with E-state index in [0.29, 0.717) is 9.87 Å². The van der Waals surface area contributed by atoms with Crippen molar-refractivity contribution in [3.05, 3.63) is 154 Å². The second-order valence-corrected chi connectivity index (χ2v) is 15.9. The minimum Gasteiger partial charge on any atom is -0.457 e. The van der Waals surface area contributed by atoms with Crippen LogP contribution < -0.4 is 4.90 Å². The minimum absolute atomic E-state index is 0.00379. The van der Waals surface area contributed by atoms with Crippen molar-refractivity contribution in [2.75, 3.05) is 11.4 Å². The molecule has 1 aliphatic carbocycles. The molecule has 4 aromatic carbocycles. The summed E-state index contributed by atoms with van der Waals surface area (Å²) in [6, 6.07) is 22.9. The number of anilines is 1. The zero-order chi connectivity index (χ0) is 41.0. The van der Waals surface area contributed by atoms with E-state index in [9.17, 15) is 26.4 Å². The van der Waals surface area contributed by atoms with Gasteiger partial charge in [-0.15, -0.1) is 0 Å². The highest BCUT2D eigenvalue weighted by atomic mass is 32.2. The van der Waals surface area contributed by atoms with Crippen LogP contribution in [0.1, 0.15) is 77.3 Å². The number of rotatable bonds is 13. The van der Waals surface area contributed by atoms with Crippen LogP contribution in [0.4, 0.5) is 27.6 Å². The van der Waals surface area contributed by atoms with Crippen molar-refractivity contribution in [1.82, 2.24) is 14.3 Å². The molecule has 1 atom stereocenters. The third kappa shape index (κ3) is 8.08. The lowest BCUT2D eigenvalue weighted by Crippen LogP contribution is -2.70. The van der Waals surface area contributed by atoms with E-state index in [4.69, 9.17) is 9.47 Å². The molecule has 58 heavy (non-hydrogen) atoms. The number of carbonyl (C=O) groups is 2. The fourth-order valence-electron chi connectivity index (χ4n) is 7.13. The van der Waals surface area contributed by atoms with Crippen LogP contribution in [-0.4, -0.2) is 46.8 Å². The first-order valence-corrected chi connectivity index (χ1v) is 20.0. The molecule has 0 unspecified atom stereocenters. The van der Waals surface area contributed by atoms with Crippen LogP contribution in [0, 0.1) is 29.1 Å². The van der Waals surface area contributed by atoms with Crippen LogP contribution in [0.25, 0.3) is 0 Å². The summed E-state index contributed by atoms with van der Waals surface area (Å²) in [6.07, 6.45) is 7.88. The van der Waals surface area contributed by atoms with Crippen molar-refractivity contribution >= 4 is 27.6 Å². The van der Waals surface area contributed by atoms with E-state index in [1.165, 1.54) is 30.5 Å². The quantitative estimate of drug-likeness (QED) is 0.0506. The molecule has 2 aliphatic rings. The number of carbonyl (C=O) groups excluding carboxylic acids is 2. The predicted octanol–water partition coefficient (Wildman–Crippen LogP) is 8.12. The summed E-state index contributed by atoms with van der Waals surface area (Å²) in [7, 11) is -5.66. The largest absolute Gasteiger partial charge is 0.457 e. The van der Waals surface area contributed by atoms with Crippen LogP contribution in [0.3, 0.4) is 0 Å². The summed E-state index contributed by atoms with van der Waals surface area (Å²) >= 11 is 0. The number of hydrogen-bond acceptors (Lipinski definition) is 8. The molecule has 1 aliphatic heterocycles. The zero-order valence-corrected chi connectivity index (χ0v) is 31.7. The van der Waals surface area contributed by atoms with Crippen LogP contribution >= 0.6 is 0 Å². The lowest BCUT2D eigenvalue weighted by molar-refractivity contribution is -0.194. The van der Waals surface area contributed by atoms with Crippen LogP contribution in [0.2, 0.25) is 0 Å². The highest BCUT2D eigenvalue weighted by Crippen LogP contribution is 2.43. The first-order chi connectivity index (χ1) is 27.9. The summed E-state index contributed by atoms with van der Waals surface area (Å²) in [6.45, 7) is -1.32. The molecule has 1 saturated carbocycles. The molecule has 2 heterocycles. The second-order valence-electron chi connectivity index (χ2n) is 14.1. The fraction of sp³-hybridized carbons (Fsp3) is 0.286. The van der Waals surface area contributed by atoms with Crippen molar-refractivity contribution < 1.29 is 49.4 Å². The van der Waals surface area contributed by atoms with Gasteiger partial charge in [0.25, 0.3) is 15.9 Å². The molecule has 0 radical (unpaired) electrons. The van der Waals surface area contributed by atoms with Gasteiger partial charge in [-0.25, -0.2) is 35.2 Å². The summed E-state index contributed by atoms with van der Waals surface area (Å²) in [5, 5.41) is 0. The Morgan fingerprint density at radius 1 is 0.741 bits per heavy atom. The SMILES string of the molecule is O=C(OCc1ccccc1)c1ccc(N(Cc2cnc(C3CCCCC3)cn2)C(=O)[C@]2(OCc3ccccc3)CCN2S(=O)(=O)c2c(F)c(F)c(F)c(F)c2F)cc1. The topological polar surface area (TPSA) is 119 Å². The van der Waals surface area contributed by atoms with Gasteiger partial charge in [-0.3, -0.25) is 14.8 Å². The van der Waals surface area contributed by atoms with Gasteiger partial charge in [-0.2, -0.15) is 4.31 Å². The monoisotopic (exact) mass is 820 g/mol. The molecule has 1 aromatic heterocycles. The Bertz CT molecular complexity index is 2360. The molecule has 0 N–H and O–H groups in total. The highest BCUT2D eigenvalue weighted by molar-refractivity contribution is 7.89. The van der Waals surface area contributed by atoms with Crippen molar-refractivity contribution in [3.63, 3.8) is 0 Å². The van der Waals surface area contributed by atoms with Gasteiger partial charge in [-0.1, -0.05) is 79.9 Å². The van der Waals surface area contributed by atoms with Crippen molar-refractivity contribution in [3.8, 4) is 0 Å². The number of hydrogen-bond donors (Lipinski definition) is 0. The number of amides is 1. The molecule has 2 fully saturated rings.